The lowest BCUT2D eigenvalue weighted by Crippen LogP contribution is -2.43. The summed E-state index contributed by atoms with van der Waals surface area (Å²) in [5.41, 5.74) is 2.77. The monoisotopic (exact) mass is 491 g/mol. The number of pyridine rings is 1. The number of fused-ring (bicyclic) bond motifs is 1. The summed E-state index contributed by atoms with van der Waals surface area (Å²) in [6, 6.07) is 7.17. The van der Waals surface area contributed by atoms with Gasteiger partial charge in [-0.2, -0.15) is 0 Å². The number of hydrogen-bond donors (Lipinski definition) is 1. The second-order valence-corrected chi connectivity index (χ2v) is 9.69. The number of halogens is 2. The number of benzene rings is 1. The third-order valence-corrected chi connectivity index (χ3v) is 6.71. The van der Waals surface area contributed by atoms with E-state index in [9.17, 15) is 8.78 Å². The van der Waals surface area contributed by atoms with E-state index in [2.05, 4.69) is 42.0 Å². The third kappa shape index (κ3) is 5.22. The van der Waals surface area contributed by atoms with Crippen LogP contribution >= 0.6 is 0 Å². The smallest absolute Gasteiger partial charge is 0.229 e. The van der Waals surface area contributed by atoms with Crippen LogP contribution in [-0.4, -0.2) is 70.6 Å². The number of hydrogen-bond acceptors (Lipinski definition) is 7. The van der Waals surface area contributed by atoms with Crippen molar-refractivity contribution in [3.05, 3.63) is 65.5 Å². The number of likely N-dealkylation sites (N-methyl/N-ethyl adjacent to an activating group) is 1. The molecule has 0 spiro atoms. The standard InChI is InChI=1S/C27H31F2N7/c1-18(2)36-8-4-5-21-22(28)13-20(14-24(21)36)26-23(29)16-31-27(33-26)32-25-7-6-19(15-30-25)17-35-11-9-34(3)10-12-35/h4-7,13-16,18H,8-12,17H2,1-3H3,(H,30,31,32,33). The summed E-state index contributed by atoms with van der Waals surface area (Å²) in [5, 5.41) is 3.05. The molecule has 4 heterocycles. The van der Waals surface area contributed by atoms with Crippen LogP contribution in [0.15, 0.2) is 42.7 Å². The third-order valence-electron chi connectivity index (χ3n) is 6.71. The highest BCUT2D eigenvalue weighted by atomic mass is 19.1. The van der Waals surface area contributed by atoms with Crippen LogP contribution in [0.4, 0.5) is 26.2 Å². The molecule has 2 aromatic heterocycles. The molecule has 7 nitrogen and oxygen atoms in total. The van der Waals surface area contributed by atoms with Crippen LogP contribution in [0, 0.1) is 11.6 Å². The van der Waals surface area contributed by atoms with E-state index in [0.29, 0.717) is 23.5 Å². The van der Waals surface area contributed by atoms with Gasteiger partial charge in [0, 0.05) is 68.3 Å². The summed E-state index contributed by atoms with van der Waals surface area (Å²) < 4.78 is 29.8. The highest BCUT2D eigenvalue weighted by Gasteiger charge is 2.22. The van der Waals surface area contributed by atoms with Gasteiger partial charge in [-0.15, -0.1) is 0 Å². The molecule has 0 saturated carbocycles. The molecule has 1 aromatic carbocycles. The van der Waals surface area contributed by atoms with E-state index in [-0.39, 0.29) is 17.7 Å². The molecule has 0 amide bonds. The van der Waals surface area contributed by atoms with Crippen molar-refractivity contribution < 1.29 is 8.78 Å². The number of nitrogens with one attached hydrogen (secondary N) is 1. The molecule has 1 N–H and O–H groups in total. The number of rotatable bonds is 6. The van der Waals surface area contributed by atoms with E-state index in [0.717, 1.165) is 50.2 Å². The van der Waals surface area contributed by atoms with Gasteiger partial charge in [0.2, 0.25) is 5.95 Å². The molecule has 188 valence electrons. The molecule has 1 saturated heterocycles. The minimum Gasteiger partial charge on any atom is -0.365 e. The fourth-order valence-corrected chi connectivity index (χ4v) is 4.61. The van der Waals surface area contributed by atoms with Crippen molar-refractivity contribution in [2.45, 2.75) is 26.4 Å². The van der Waals surface area contributed by atoms with E-state index < -0.39 is 11.6 Å². The molecule has 1 fully saturated rings. The van der Waals surface area contributed by atoms with Crippen molar-refractivity contribution in [3.63, 3.8) is 0 Å². The second kappa shape index (κ2) is 10.3. The first kappa shape index (κ1) is 24.3. The van der Waals surface area contributed by atoms with Crippen LogP contribution in [-0.2, 0) is 6.54 Å². The van der Waals surface area contributed by atoms with Gasteiger partial charge in [0.1, 0.15) is 17.3 Å². The van der Waals surface area contributed by atoms with E-state index in [4.69, 9.17) is 0 Å². The van der Waals surface area contributed by atoms with Crippen molar-refractivity contribution in [1.29, 1.82) is 0 Å². The van der Waals surface area contributed by atoms with Gasteiger partial charge in [-0.05, 0) is 44.7 Å². The fraction of sp³-hybridized carbons (Fsp3) is 0.370. The maximum Gasteiger partial charge on any atom is 0.229 e. The molecular formula is C27H31F2N7. The molecule has 2 aliphatic rings. The quantitative estimate of drug-likeness (QED) is 0.543. The average molecular weight is 492 g/mol. The maximum atomic E-state index is 15.0. The molecule has 0 unspecified atom stereocenters. The second-order valence-electron chi connectivity index (χ2n) is 9.69. The maximum absolute atomic E-state index is 15.0. The van der Waals surface area contributed by atoms with E-state index in [1.807, 2.05) is 38.3 Å². The molecule has 0 bridgehead atoms. The van der Waals surface area contributed by atoms with E-state index >= 15 is 0 Å². The molecule has 9 heteroatoms. The molecular weight excluding hydrogens is 460 g/mol. The van der Waals surface area contributed by atoms with Gasteiger partial charge in [0.05, 0.1) is 6.20 Å². The van der Waals surface area contributed by atoms with Gasteiger partial charge in [-0.25, -0.2) is 23.7 Å². The van der Waals surface area contributed by atoms with Crippen molar-refractivity contribution in [2.75, 3.05) is 50.0 Å². The molecule has 0 atom stereocenters. The zero-order chi connectivity index (χ0) is 25.2. The lowest BCUT2D eigenvalue weighted by atomic mass is 10.0. The molecule has 5 rings (SSSR count). The summed E-state index contributed by atoms with van der Waals surface area (Å²) in [4.78, 5) is 19.7. The summed E-state index contributed by atoms with van der Waals surface area (Å²) in [5.74, 6) is -0.265. The van der Waals surface area contributed by atoms with Gasteiger partial charge in [0.25, 0.3) is 0 Å². The minimum absolute atomic E-state index is 0.0409. The Labute approximate surface area is 210 Å². The first-order valence-electron chi connectivity index (χ1n) is 12.3. The molecule has 36 heavy (non-hydrogen) atoms. The first-order chi connectivity index (χ1) is 17.4. The van der Waals surface area contributed by atoms with Crippen LogP contribution in [0.1, 0.15) is 25.0 Å². The highest BCUT2D eigenvalue weighted by Crippen LogP contribution is 2.35. The van der Waals surface area contributed by atoms with Crippen molar-refractivity contribution >= 4 is 23.5 Å². The normalized spacial score (nSPS) is 16.4. The predicted molar refractivity (Wildman–Crippen MR) is 139 cm³/mol. The number of anilines is 3. The summed E-state index contributed by atoms with van der Waals surface area (Å²) in [6.45, 7) is 9.83. The van der Waals surface area contributed by atoms with Crippen LogP contribution < -0.4 is 10.2 Å². The number of aromatic nitrogens is 3. The van der Waals surface area contributed by atoms with Crippen molar-refractivity contribution in [2.24, 2.45) is 0 Å². The van der Waals surface area contributed by atoms with Gasteiger partial charge < -0.3 is 15.1 Å². The Balaban J connectivity index is 1.35. The average Bonchev–Trinajstić information content (AvgIpc) is 2.87. The number of nitrogens with zero attached hydrogens (tertiary/aromatic N) is 6. The Bertz CT molecular complexity index is 1250. The summed E-state index contributed by atoms with van der Waals surface area (Å²) in [7, 11) is 2.14. The summed E-state index contributed by atoms with van der Waals surface area (Å²) in [6.07, 6.45) is 6.64. The Morgan fingerprint density at radius 3 is 2.53 bits per heavy atom. The van der Waals surface area contributed by atoms with Gasteiger partial charge in [-0.3, -0.25) is 4.90 Å². The van der Waals surface area contributed by atoms with E-state index in [1.165, 1.54) is 6.07 Å². The zero-order valence-corrected chi connectivity index (χ0v) is 20.9. The molecule has 0 radical (unpaired) electrons. The Kier molecular flexibility index (Phi) is 6.93. The largest absolute Gasteiger partial charge is 0.365 e. The topological polar surface area (TPSA) is 60.4 Å². The number of piperazine rings is 1. The molecule has 2 aliphatic heterocycles. The lowest BCUT2D eigenvalue weighted by Gasteiger charge is -2.32. The van der Waals surface area contributed by atoms with Crippen LogP contribution in [0.25, 0.3) is 17.3 Å². The minimum atomic E-state index is -0.613. The van der Waals surface area contributed by atoms with Crippen molar-refractivity contribution in [1.82, 2.24) is 24.8 Å². The first-order valence-corrected chi connectivity index (χ1v) is 12.3. The molecule has 3 aromatic rings. The van der Waals surface area contributed by atoms with Gasteiger partial charge in [-0.1, -0.05) is 18.2 Å². The molecule has 0 aliphatic carbocycles. The highest BCUT2D eigenvalue weighted by molar-refractivity contribution is 5.78. The lowest BCUT2D eigenvalue weighted by molar-refractivity contribution is 0.148. The van der Waals surface area contributed by atoms with E-state index in [1.54, 1.807) is 12.1 Å². The Morgan fingerprint density at radius 1 is 1.00 bits per heavy atom. The summed E-state index contributed by atoms with van der Waals surface area (Å²) >= 11 is 0. The van der Waals surface area contributed by atoms with Crippen molar-refractivity contribution in [3.8, 4) is 11.3 Å². The fourth-order valence-electron chi connectivity index (χ4n) is 4.61. The van der Waals surface area contributed by atoms with Crippen LogP contribution in [0.3, 0.4) is 0 Å². The predicted octanol–water partition coefficient (Wildman–Crippen LogP) is 4.55. The van der Waals surface area contributed by atoms with Gasteiger partial charge in [0.15, 0.2) is 5.82 Å². The Morgan fingerprint density at radius 2 is 1.81 bits per heavy atom. The van der Waals surface area contributed by atoms with Crippen LogP contribution in [0.5, 0.6) is 0 Å². The SMILES string of the molecule is CC(C)N1CC=Cc2c(F)cc(-c3nc(Nc4ccc(CN5CCN(C)CC5)cn4)ncc3F)cc21. The van der Waals surface area contributed by atoms with Gasteiger partial charge >= 0.3 is 0 Å². The Hall–Kier alpha value is -3.43. The van der Waals surface area contributed by atoms with Crippen LogP contribution in [0.2, 0.25) is 0 Å². The zero-order valence-electron chi connectivity index (χ0n) is 20.9.